The molecule has 25 heteroatoms. The smallest absolute Gasteiger partial charge is 0.410 e. The Kier molecular flexibility index (Phi) is 29.8. The molecule has 25 nitrogen and oxygen atoms in total. The number of phenolic OH excluding ortho intramolecular Hbond substituents is 1. The molecular weight excluding hydrogens is 1520 g/mol. The fourth-order valence-corrected chi connectivity index (χ4v) is 17.8. The predicted octanol–water partition coefficient (Wildman–Crippen LogP) is 16.2. The van der Waals surface area contributed by atoms with Gasteiger partial charge in [0.15, 0.2) is 23.1 Å². The van der Waals surface area contributed by atoms with E-state index in [9.17, 15) is 43.5 Å². The Hall–Kier alpha value is -8.36. The topological polar surface area (TPSA) is 292 Å². The Bertz CT molecular complexity index is 4030. The lowest BCUT2D eigenvalue weighted by atomic mass is 9.75. The maximum Gasteiger partial charge on any atom is 0.410 e. The summed E-state index contributed by atoms with van der Waals surface area (Å²) in [5.41, 5.74) is 3.68. The molecule has 4 aliphatic carbocycles. The molecule has 2 N–H and O–H groups in total. The number of methoxy groups -OCH3 is 1. The number of amides is 4. The van der Waals surface area contributed by atoms with E-state index in [-0.39, 0.29) is 77.0 Å². The Labute approximate surface area is 703 Å². The second-order valence-electron chi connectivity index (χ2n) is 38.5. The molecule has 4 spiro atoms. The first-order chi connectivity index (χ1) is 56.2. The maximum absolute atomic E-state index is 13.3. The number of fused-ring (bicyclic) bond motifs is 4. The summed E-state index contributed by atoms with van der Waals surface area (Å²) in [6.45, 7) is 35.4. The number of benzene rings is 4. The van der Waals surface area contributed by atoms with Crippen molar-refractivity contribution in [3.8, 4) is 23.0 Å². The second kappa shape index (κ2) is 38.8. The summed E-state index contributed by atoms with van der Waals surface area (Å²) in [6.07, 6.45) is 15.1. The van der Waals surface area contributed by atoms with Crippen molar-refractivity contribution < 1.29 is 101 Å². The van der Waals surface area contributed by atoms with Crippen LogP contribution in [0.2, 0.25) is 0 Å². The number of carbonyl (C=O) groups is 8. The lowest BCUT2D eigenvalue weighted by Crippen LogP contribution is -2.47. The number of rotatable bonds is 5. The number of aliphatic hydroxyl groups excluding tert-OH is 1. The predicted molar refractivity (Wildman–Crippen MR) is 448 cm³/mol. The molecule has 0 aromatic heterocycles. The van der Waals surface area contributed by atoms with E-state index in [1.807, 2.05) is 144 Å². The Balaban J connectivity index is 0.000000147. The normalized spacial score (nSPS) is 21.4. The van der Waals surface area contributed by atoms with Gasteiger partial charge >= 0.3 is 24.4 Å². The zero-order chi connectivity index (χ0) is 85.9. The number of hydrogen-bond donors (Lipinski definition) is 2. The van der Waals surface area contributed by atoms with Crippen LogP contribution in [0.1, 0.15) is 256 Å². The van der Waals surface area contributed by atoms with Crippen LogP contribution in [0.25, 0.3) is 0 Å². The maximum atomic E-state index is 13.3. The van der Waals surface area contributed by atoms with E-state index in [0.717, 1.165) is 167 Å². The van der Waals surface area contributed by atoms with Crippen LogP contribution in [-0.4, -0.2) is 230 Å². The molecule has 0 unspecified atom stereocenters. The van der Waals surface area contributed by atoms with Gasteiger partial charge in [0.1, 0.15) is 57.6 Å². The lowest BCUT2D eigenvalue weighted by molar-refractivity contribution is 0.0107. The van der Waals surface area contributed by atoms with Crippen molar-refractivity contribution in [1.82, 2.24) is 19.6 Å². The van der Waals surface area contributed by atoms with Gasteiger partial charge < -0.3 is 81.9 Å². The van der Waals surface area contributed by atoms with Gasteiger partial charge in [-0.2, -0.15) is 0 Å². The van der Waals surface area contributed by atoms with Crippen LogP contribution in [0.4, 0.5) is 19.2 Å². The minimum Gasteiger partial charge on any atom is -0.508 e. The average Bonchev–Trinajstić information content (AvgIpc) is 1.63. The van der Waals surface area contributed by atoms with Gasteiger partial charge in [-0.3, -0.25) is 19.2 Å². The molecule has 8 saturated heterocycles. The van der Waals surface area contributed by atoms with Crippen molar-refractivity contribution in [2.75, 3.05) is 112 Å². The lowest BCUT2D eigenvalue weighted by Gasteiger charge is -2.38. The first-order valence-electron chi connectivity index (χ1n) is 43.4. The largest absolute Gasteiger partial charge is 0.508 e. The third-order valence-electron chi connectivity index (χ3n) is 24.7. The van der Waals surface area contributed by atoms with Gasteiger partial charge in [-0.15, -0.1) is 0 Å². The number of aliphatic hydroxyl groups is 1. The number of piperidine rings is 4. The van der Waals surface area contributed by atoms with Crippen molar-refractivity contribution >= 4 is 47.5 Å². The number of aromatic hydroxyl groups is 1. The molecular formula is C94H132N4O21. The zero-order valence-corrected chi connectivity index (χ0v) is 73.1. The van der Waals surface area contributed by atoms with E-state index in [0.29, 0.717) is 121 Å². The summed E-state index contributed by atoms with van der Waals surface area (Å²) >= 11 is 0. The number of ether oxygens (including phenoxy) is 11. The van der Waals surface area contributed by atoms with E-state index in [2.05, 4.69) is 6.92 Å². The van der Waals surface area contributed by atoms with Gasteiger partial charge in [-0.25, -0.2) is 19.2 Å². The first-order valence-corrected chi connectivity index (χ1v) is 43.4. The van der Waals surface area contributed by atoms with E-state index in [1.54, 1.807) is 38.8 Å². The number of likely N-dealkylation sites (tertiary alicyclic amines) is 4. The summed E-state index contributed by atoms with van der Waals surface area (Å²) in [4.78, 5) is 108. The van der Waals surface area contributed by atoms with Crippen molar-refractivity contribution in [2.24, 2.45) is 27.6 Å². The molecule has 4 amide bonds. The van der Waals surface area contributed by atoms with Crippen molar-refractivity contribution in [2.45, 2.75) is 259 Å². The van der Waals surface area contributed by atoms with Crippen molar-refractivity contribution in [1.29, 1.82) is 0 Å². The molecule has 0 atom stereocenters. The fourth-order valence-electron chi connectivity index (χ4n) is 17.8. The summed E-state index contributed by atoms with van der Waals surface area (Å²) in [5, 5.41) is 18.4. The highest BCUT2D eigenvalue weighted by Gasteiger charge is 2.53. The van der Waals surface area contributed by atoms with Crippen LogP contribution in [0, 0.1) is 27.6 Å². The summed E-state index contributed by atoms with van der Waals surface area (Å²) < 4.78 is 60.1. The van der Waals surface area contributed by atoms with E-state index < -0.39 is 38.6 Å². The van der Waals surface area contributed by atoms with Crippen LogP contribution >= 0.6 is 0 Å². The number of hydrogen-bond acceptors (Lipinski definition) is 21. The molecule has 654 valence electrons. The quantitative estimate of drug-likeness (QED) is 0.175. The fraction of sp³-hybridized carbons (Fsp3) is 0.660. The van der Waals surface area contributed by atoms with Crippen molar-refractivity contribution in [3.05, 3.63) is 117 Å². The second-order valence-corrected chi connectivity index (χ2v) is 38.5. The third-order valence-corrected chi connectivity index (χ3v) is 24.7. The molecule has 0 bridgehead atoms. The van der Waals surface area contributed by atoms with Crippen LogP contribution in [0.5, 0.6) is 23.0 Å². The SMILES string of the molecule is CC(C)(C)OC(=O)N1CCC2(CC1)Cc1ccc(O)cc1C2=O.CC(C)(C)OC(=O)N1CCC2(CC1)Cc1ccc(OC3CCOCC3)cc1C2=O.CC(C)(C)OC(=O)N1CCC2(CC1)Cc1ccc(OC3CCOCC3)cc1C2=O.CC1CCOCC1.COc1ccc2c(c1)C(=O)C1(CCN(C(=O)OC(C)(C)C)CC1)C2.OC1CCOCC1. The molecule has 0 radical (unpaired) electrons. The van der Waals surface area contributed by atoms with E-state index in [1.165, 1.54) is 12.8 Å². The standard InChI is InChI=1S/2C23H31NO5.C19H25NO4.C18H23NO4.C6H12O.C5H10O2/c2*1-22(2,3)29-21(26)24-10-8-23(9-11-24)15-16-4-5-18(14-19(16)20(23)25)28-17-6-12-27-13-7-17;1-18(2,3)24-17(22)20-9-7-19(8-10-20)12-13-5-6-14(23-4)11-15(13)16(19)21;1-17(2,3)23-16(22)19-8-6-18(7-9-19)11-12-4-5-13(20)10-14(12)15(18)21;1-6-2-4-7-5-3-6;6-5-1-3-7-4-2-5/h2*4-5,14,17H,6-13,15H2,1-3H3;5-6,11H,7-10,12H2,1-4H3;4-5,10,20H,6-9,11H2,1-3H3;6H,2-5H2,1H3;5-6H,1-4H2. The van der Waals surface area contributed by atoms with Gasteiger partial charge in [0, 0.05) is 148 Å². The summed E-state index contributed by atoms with van der Waals surface area (Å²) in [7, 11) is 1.61. The molecule has 119 heavy (non-hydrogen) atoms. The van der Waals surface area contributed by atoms with Gasteiger partial charge in [0.05, 0.1) is 39.6 Å². The summed E-state index contributed by atoms with van der Waals surface area (Å²) in [5.74, 6) is 3.99. The van der Waals surface area contributed by atoms with Crippen molar-refractivity contribution in [3.63, 3.8) is 0 Å². The Morgan fingerprint density at radius 1 is 0.361 bits per heavy atom. The van der Waals surface area contributed by atoms with Crippen LogP contribution in [0.3, 0.4) is 0 Å². The molecule has 0 saturated carbocycles. The Morgan fingerprint density at radius 2 is 0.605 bits per heavy atom. The third kappa shape index (κ3) is 24.1. The minimum atomic E-state index is -0.511. The molecule has 8 aliphatic heterocycles. The van der Waals surface area contributed by atoms with Crippen LogP contribution in [0.15, 0.2) is 72.8 Å². The molecule has 8 heterocycles. The highest BCUT2D eigenvalue weighted by Crippen LogP contribution is 2.50. The highest BCUT2D eigenvalue weighted by atomic mass is 16.6. The van der Waals surface area contributed by atoms with Gasteiger partial charge in [0.25, 0.3) is 0 Å². The number of carbonyl (C=O) groups excluding carboxylic acids is 8. The van der Waals surface area contributed by atoms with E-state index >= 15 is 0 Å². The number of ketones is 4. The Morgan fingerprint density at radius 3 is 0.849 bits per heavy atom. The zero-order valence-electron chi connectivity index (χ0n) is 73.1. The molecule has 16 rings (SSSR count). The molecule has 12 aliphatic rings. The molecule has 4 aromatic carbocycles. The number of phenols is 1. The van der Waals surface area contributed by atoms with E-state index in [4.69, 9.17) is 57.2 Å². The highest BCUT2D eigenvalue weighted by molar-refractivity contribution is 6.07. The molecule has 4 aromatic rings. The average molecular weight is 1650 g/mol. The monoisotopic (exact) mass is 1650 g/mol. The van der Waals surface area contributed by atoms with Gasteiger partial charge in [-0.1, -0.05) is 31.2 Å². The first kappa shape index (κ1) is 91.4. The number of Topliss-reactive ketones (excluding diaryl/α,β-unsaturated/α-hetero) is 4. The van der Waals surface area contributed by atoms with Gasteiger partial charge in [0.2, 0.25) is 0 Å². The van der Waals surface area contributed by atoms with Crippen LogP contribution < -0.4 is 14.2 Å². The van der Waals surface area contributed by atoms with Crippen LogP contribution in [-0.2, 0) is 63.6 Å². The minimum absolute atomic E-state index is 0.0891. The molecule has 8 fully saturated rings. The number of nitrogens with zero attached hydrogens (tertiary/aromatic N) is 4. The van der Waals surface area contributed by atoms with Gasteiger partial charge in [-0.05, 0) is 263 Å². The summed E-state index contributed by atoms with van der Waals surface area (Å²) in [6, 6.07) is 22.6.